The monoisotopic (exact) mass is 478 g/mol. The molecule has 2 N–H and O–H groups in total. The number of carbonyl (C=O) groups is 3. The summed E-state index contributed by atoms with van der Waals surface area (Å²) in [5.41, 5.74) is 3.51. The van der Waals surface area contributed by atoms with E-state index in [9.17, 15) is 19.5 Å². The Hall–Kier alpha value is -3.35. The number of ether oxygens (including phenoxy) is 1. The maximum absolute atomic E-state index is 13.6. The Morgan fingerprint density at radius 2 is 1.60 bits per heavy atom. The van der Waals surface area contributed by atoms with Crippen LogP contribution in [-0.4, -0.2) is 53.2 Å². The fourth-order valence-corrected chi connectivity index (χ4v) is 5.44. The molecule has 2 aliphatic rings. The van der Waals surface area contributed by atoms with Crippen LogP contribution in [0, 0.1) is 5.92 Å². The molecule has 4 rings (SSSR count). The molecule has 1 unspecified atom stereocenters. The molecule has 7 heteroatoms. The van der Waals surface area contributed by atoms with Crippen molar-refractivity contribution in [1.82, 2.24) is 10.2 Å². The molecule has 0 spiro atoms. The van der Waals surface area contributed by atoms with Crippen LogP contribution in [0.3, 0.4) is 0 Å². The van der Waals surface area contributed by atoms with Crippen LogP contribution in [0.4, 0.5) is 4.79 Å². The summed E-state index contributed by atoms with van der Waals surface area (Å²) in [6, 6.07) is 16.3. The molecular formula is C28H34N2O5. The number of nitrogens with zero attached hydrogens (tertiary/aromatic N) is 1. The molecule has 2 aromatic rings. The third-order valence-corrected chi connectivity index (χ3v) is 7.39. The lowest BCUT2D eigenvalue weighted by Gasteiger charge is -2.40. The number of carboxylic acid groups (broad SMARTS) is 1. The minimum atomic E-state index is -1.06. The number of benzene rings is 2. The highest BCUT2D eigenvalue weighted by atomic mass is 16.5. The Morgan fingerprint density at radius 1 is 1.03 bits per heavy atom. The molecule has 1 fully saturated rings. The Bertz CT molecular complexity index is 1050. The van der Waals surface area contributed by atoms with E-state index in [0.29, 0.717) is 19.4 Å². The summed E-state index contributed by atoms with van der Waals surface area (Å²) in [4.78, 5) is 39.6. The number of hydrogen-bond acceptors (Lipinski definition) is 4. The van der Waals surface area contributed by atoms with Gasteiger partial charge in [0.1, 0.15) is 12.1 Å². The summed E-state index contributed by atoms with van der Waals surface area (Å²) >= 11 is 0. The van der Waals surface area contributed by atoms with Gasteiger partial charge < -0.3 is 20.1 Å². The van der Waals surface area contributed by atoms with E-state index in [4.69, 9.17) is 4.74 Å². The van der Waals surface area contributed by atoms with Gasteiger partial charge in [0, 0.05) is 19.0 Å². The highest BCUT2D eigenvalue weighted by Gasteiger charge is 2.44. The quantitative estimate of drug-likeness (QED) is 0.568. The van der Waals surface area contributed by atoms with Crippen LogP contribution < -0.4 is 5.32 Å². The number of rotatable bonds is 8. The van der Waals surface area contributed by atoms with Crippen LogP contribution in [0.2, 0.25) is 0 Å². The second kappa shape index (κ2) is 10.5. The molecule has 0 aliphatic heterocycles. The highest BCUT2D eigenvalue weighted by molar-refractivity contribution is 5.90. The molecular weight excluding hydrogens is 444 g/mol. The number of hydrogen-bond donors (Lipinski definition) is 2. The number of amides is 2. The number of alkyl carbamates (subject to hydrolysis) is 1. The van der Waals surface area contributed by atoms with E-state index in [2.05, 4.69) is 29.6 Å². The lowest BCUT2D eigenvalue weighted by Crippen LogP contribution is -2.61. The summed E-state index contributed by atoms with van der Waals surface area (Å²) in [6.45, 7) is 4.09. The van der Waals surface area contributed by atoms with Crippen molar-refractivity contribution in [3.05, 3.63) is 59.7 Å². The largest absolute Gasteiger partial charge is 0.481 e. The van der Waals surface area contributed by atoms with Crippen LogP contribution in [0.1, 0.15) is 63.0 Å². The summed E-state index contributed by atoms with van der Waals surface area (Å²) in [7, 11) is 0. The average Bonchev–Trinajstić information content (AvgIpc) is 3.19. The normalized spacial score (nSPS) is 17.1. The second-order valence-electron chi connectivity index (χ2n) is 9.68. The van der Waals surface area contributed by atoms with Gasteiger partial charge in [-0.05, 0) is 42.0 Å². The third-order valence-electron chi connectivity index (χ3n) is 7.39. The van der Waals surface area contributed by atoms with Crippen molar-refractivity contribution in [2.45, 2.75) is 57.4 Å². The van der Waals surface area contributed by atoms with Gasteiger partial charge in [0.25, 0.3) is 0 Å². The van der Waals surface area contributed by atoms with Gasteiger partial charge in [0.05, 0.1) is 5.92 Å². The van der Waals surface area contributed by atoms with Crippen molar-refractivity contribution in [1.29, 1.82) is 0 Å². The molecule has 186 valence electrons. The molecule has 1 atom stereocenters. The van der Waals surface area contributed by atoms with E-state index in [-0.39, 0.29) is 25.0 Å². The van der Waals surface area contributed by atoms with Crippen molar-refractivity contribution >= 4 is 18.0 Å². The van der Waals surface area contributed by atoms with E-state index < -0.39 is 23.5 Å². The lowest BCUT2D eigenvalue weighted by atomic mass is 9.80. The first-order valence-corrected chi connectivity index (χ1v) is 12.5. The molecule has 0 saturated heterocycles. The zero-order chi connectivity index (χ0) is 25.0. The SMILES string of the molecule is CCN(CC(C)C(=O)O)C(=O)C1(NC(=O)OCC2c3ccccc3-c3ccccc32)CCCCC1. The van der Waals surface area contributed by atoms with Gasteiger partial charge in [0.2, 0.25) is 5.91 Å². The van der Waals surface area contributed by atoms with Gasteiger partial charge in [-0.15, -0.1) is 0 Å². The lowest BCUT2D eigenvalue weighted by molar-refractivity contribution is -0.145. The van der Waals surface area contributed by atoms with E-state index >= 15 is 0 Å². The highest BCUT2D eigenvalue weighted by Crippen LogP contribution is 2.44. The molecule has 1 saturated carbocycles. The van der Waals surface area contributed by atoms with Gasteiger partial charge in [0.15, 0.2) is 0 Å². The minimum Gasteiger partial charge on any atom is -0.481 e. The summed E-state index contributed by atoms with van der Waals surface area (Å²) in [5, 5.41) is 12.2. The average molecular weight is 479 g/mol. The van der Waals surface area contributed by atoms with Crippen molar-refractivity contribution < 1.29 is 24.2 Å². The van der Waals surface area contributed by atoms with E-state index in [0.717, 1.165) is 41.5 Å². The first kappa shape index (κ1) is 24.8. The van der Waals surface area contributed by atoms with Gasteiger partial charge in [-0.3, -0.25) is 9.59 Å². The Balaban J connectivity index is 1.48. The van der Waals surface area contributed by atoms with E-state index in [1.807, 2.05) is 31.2 Å². The molecule has 2 amide bonds. The molecule has 0 radical (unpaired) electrons. The Morgan fingerprint density at radius 3 is 2.14 bits per heavy atom. The van der Waals surface area contributed by atoms with Gasteiger partial charge in [-0.2, -0.15) is 0 Å². The van der Waals surface area contributed by atoms with Crippen LogP contribution in [0.5, 0.6) is 0 Å². The molecule has 7 nitrogen and oxygen atoms in total. The maximum Gasteiger partial charge on any atom is 0.408 e. The number of aliphatic carboxylic acids is 1. The number of fused-ring (bicyclic) bond motifs is 3. The fraction of sp³-hybridized carbons (Fsp3) is 0.464. The number of carbonyl (C=O) groups excluding carboxylic acids is 2. The van der Waals surface area contributed by atoms with Gasteiger partial charge in [-0.1, -0.05) is 74.7 Å². The number of likely N-dealkylation sites (N-methyl/N-ethyl adjacent to an activating group) is 1. The van der Waals surface area contributed by atoms with Crippen LogP contribution in [0.25, 0.3) is 11.1 Å². The van der Waals surface area contributed by atoms with Crippen LogP contribution in [-0.2, 0) is 14.3 Å². The van der Waals surface area contributed by atoms with Gasteiger partial charge in [-0.25, -0.2) is 4.79 Å². The summed E-state index contributed by atoms with van der Waals surface area (Å²) < 4.78 is 5.74. The molecule has 0 heterocycles. The predicted molar refractivity (Wildman–Crippen MR) is 133 cm³/mol. The number of nitrogens with one attached hydrogen (secondary N) is 1. The molecule has 2 aromatic carbocycles. The van der Waals surface area contributed by atoms with Crippen LogP contribution >= 0.6 is 0 Å². The first-order chi connectivity index (χ1) is 16.9. The fourth-order valence-electron chi connectivity index (χ4n) is 5.44. The number of carboxylic acids is 1. The maximum atomic E-state index is 13.6. The van der Waals surface area contributed by atoms with Crippen molar-refractivity contribution in [3.63, 3.8) is 0 Å². The van der Waals surface area contributed by atoms with E-state index in [1.54, 1.807) is 11.8 Å². The van der Waals surface area contributed by atoms with Gasteiger partial charge >= 0.3 is 12.1 Å². The topological polar surface area (TPSA) is 95.9 Å². The summed E-state index contributed by atoms with van der Waals surface area (Å²) in [5.74, 6) is -1.91. The molecule has 2 aliphatic carbocycles. The summed E-state index contributed by atoms with van der Waals surface area (Å²) in [6.07, 6.45) is 3.08. The Labute approximate surface area is 206 Å². The van der Waals surface area contributed by atoms with Crippen LogP contribution in [0.15, 0.2) is 48.5 Å². The smallest absolute Gasteiger partial charge is 0.408 e. The third kappa shape index (κ3) is 5.04. The Kier molecular flexibility index (Phi) is 7.43. The van der Waals surface area contributed by atoms with E-state index in [1.165, 1.54) is 0 Å². The second-order valence-corrected chi connectivity index (χ2v) is 9.68. The zero-order valence-electron chi connectivity index (χ0n) is 20.5. The zero-order valence-corrected chi connectivity index (χ0v) is 20.5. The first-order valence-electron chi connectivity index (χ1n) is 12.5. The van der Waals surface area contributed by atoms with Crippen molar-refractivity contribution in [3.8, 4) is 11.1 Å². The molecule has 0 bridgehead atoms. The molecule has 0 aromatic heterocycles. The minimum absolute atomic E-state index is 0.0605. The molecule has 35 heavy (non-hydrogen) atoms. The van der Waals surface area contributed by atoms with Crippen molar-refractivity contribution in [2.24, 2.45) is 5.92 Å². The standard InChI is InChI=1S/C28H34N2O5/c1-3-30(17-19(2)25(31)32)26(33)28(15-9-4-10-16-28)29-27(34)35-18-24-22-13-7-5-11-20(22)21-12-6-8-14-23(21)24/h5-8,11-14,19,24H,3-4,9-10,15-18H2,1-2H3,(H,29,34)(H,31,32). The predicted octanol–water partition coefficient (Wildman–Crippen LogP) is 4.80. The van der Waals surface area contributed by atoms with Crippen molar-refractivity contribution in [2.75, 3.05) is 19.7 Å².